The summed E-state index contributed by atoms with van der Waals surface area (Å²) in [5, 5.41) is 14.0. The van der Waals surface area contributed by atoms with Crippen LogP contribution in [0, 0.1) is 5.92 Å². The maximum Gasteiger partial charge on any atom is 0.269 e. The van der Waals surface area contributed by atoms with Crippen LogP contribution in [0.15, 0.2) is 24.3 Å². The molecule has 21 heavy (non-hydrogen) atoms. The monoisotopic (exact) mass is 308 g/mol. The first kappa shape index (κ1) is 15.9. The number of carbonyl (C=O) groups is 1. The largest absolute Gasteiger partial charge is 0.391 e. The maximum atomic E-state index is 12.3. The molecule has 0 saturated carbocycles. The number of hydrogen-bond donors (Lipinski definition) is 2. The number of amides is 1. The van der Waals surface area contributed by atoms with E-state index in [-0.39, 0.29) is 18.4 Å². The van der Waals surface area contributed by atoms with Crippen molar-refractivity contribution in [3.63, 3.8) is 0 Å². The highest BCUT2D eigenvalue weighted by molar-refractivity contribution is 6.38. The summed E-state index contributed by atoms with van der Waals surface area (Å²) in [6.45, 7) is 4.20. The number of carbonyl (C=O) groups excluding carboxylic acids is 1. The Morgan fingerprint density at radius 2 is 2.10 bits per heavy atom. The van der Waals surface area contributed by atoms with Crippen molar-refractivity contribution in [3.8, 4) is 0 Å². The topological polar surface area (TPSA) is 54.3 Å². The molecule has 0 saturated heterocycles. The summed E-state index contributed by atoms with van der Waals surface area (Å²) >= 11 is 6.32. The molecular formula is C16H21ClN2O2. The van der Waals surface area contributed by atoms with Gasteiger partial charge in [0.15, 0.2) is 0 Å². The Bertz CT molecular complexity index is 612. The second kappa shape index (κ2) is 6.50. The van der Waals surface area contributed by atoms with E-state index in [4.69, 9.17) is 11.6 Å². The van der Waals surface area contributed by atoms with Gasteiger partial charge in [-0.15, -0.1) is 0 Å². The summed E-state index contributed by atoms with van der Waals surface area (Å²) in [5.74, 6) is -0.116. The van der Waals surface area contributed by atoms with Crippen molar-refractivity contribution < 1.29 is 9.90 Å². The van der Waals surface area contributed by atoms with E-state index < -0.39 is 6.10 Å². The number of aliphatic hydroxyl groups is 1. The van der Waals surface area contributed by atoms with Gasteiger partial charge in [-0.05, 0) is 12.0 Å². The van der Waals surface area contributed by atoms with Gasteiger partial charge < -0.3 is 15.0 Å². The van der Waals surface area contributed by atoms with E-state index in [2.05, 4.69) is 5.32 Å². The normalized spacial score (nSPS) is 14.1. The van der Waals surface area contributed by atoms with Crippen LogP contribution in [0.5, 0.6) is 0 Å². The van der Waals surface area contributed by atoms with Crippen LogP contribution in [0.1, 0.15) is 30.8 Å². The number of hydrogen-bond acceptors (Lipinski definition) is 2. The van der Waals surface area contributed by atoms with Gasteiger partial charge in [-0.1, -0.05) is 50.1 Å². The molecule has 0 radical (unpaired) electrons. The van der Waals surface area contributed by atoms with Gasteiger partial charge in [0.2, 0.25) is 0 Å². The zero-order valence-electron chi connectivity index (χ0n) is 12.6. The van der Waals surface area contributed by atoms with Gasteiger partial charge in [-0.2, -0.15) is 0 Å². The highest BCUT2D eigenvalue weighted by Crippen LogP contribution is 2.29. The second-order valence-electron chi connectivity index (χ2n) is 5.40. The van der Waals surface area contributed by atoms with Crippen molar-refractivity contribution in [3.05, 3.63) is 35.0 Å². The highest BCUT2D eigenvalue weighted by Gasteiger charge is 2.21. The fraction of sp³-hybridized carbons (Fsp3) is 0.438. The quantitative estimate of drug-likeness (QED) is 0.892. The zero-order chi connectivity index (χ0) is 15.6. The van der Waals surface area contributed by atoms with Crippen LogP contribution in [-0.4, -0.2) is 28.2 Å². The lowest BCUT2D eigenvalue weighted by Crippen LogP contribution is -2.36. The number of benzene rings is 1. The standard InChI is InChI=1S/C16H21ClN2O2/c1-4-10(2)13(20)9-18-16(21)15-14(17)11-7-5-6-8-12(11)19(15)3/h5-8,10,13,20H,4,9H2,1-3H3,(H,18,21). The number of nitrogens with zero attached hydrogens (tertiary/aromatic N) is 1. The molecule has 0 bridgehead atoms. The van der Waals surface area contributed by atoms with Gasteiger partial charge in [0.25, 0.3) is 5.91 Å². The lowest BCUT2D eigenvalue weighted by molar-refractivity contribution is 0.0844. The van der Waals surface area contributed by atoms with Crippen molar-refractivity contribution in [1.82, 2.24) is 9.88 Å². The Labute approximate surface area is 129 Å². The van der Waals surface area contributed by atoms with E-state index in [1.54, 1.807) is 4.57 Å². The van der Waals surface area contributed by atoms with E-state index in [1.807, 2.05) is 45.2 Å². The summed E-state index contributed by atoms with van der Waals surface area (Å²) in [6.07, 6.45) is 0.318. The maximum absolute atomic E-state index is 12.3. The van der Waals surface area contributed by atoms with Crippen molar-refractivity contribution in [2.45, 2.75) is 26.4 Å². The molecule has 2 rings (SSSR count). The van der Waals surface area contributed by atoms with Crippen LogP contribution < -0.4 is 5.32 Å². The SMILES string of the molecule is CCC(C)C(O)CNC(=O)c1c(Cl)c2ccccc2n1C. The summed E-state index contributed by atoms with van der Waals surface area (Å²) in [5.41, 5.74) is 1.34. The van der Waals surface area contributed by atoms with Crippen LogP contribution in [-0.2, 0) is 7.05 Å². The number of aromatic nitrogens is 1. The fourth-order valence-corrected chi connectivity index (χ4v) is 2.73. The van der Waals surface area contributed by atoms with E-state index in [9.17, 15) is 9.90 Å². The molecule has 2 atom stereocenters. The molecule has 0 aliphatic rings. The smallest absolute Gasteiger partial charge is 0.269 e. The predicted molar refractivity (Wildman–Crippen MR) is 85.7 cm³/mol. The average Bonchev–Trinajstić information content (AvgIpc) is 2.76. The Balaban J connectivity index is 2.20. The van der Waals surface area contributed by atoms with Crippen LogP contribution in [0.2, 0.25) is 5.02 Å². The highest BCUT2D eigenvalue weighted by atomic mass is 35.5. The molecule has 114 valence electrons. The van der Waals surface area contributed by atoms with E-state index >= 15 is 0 Å². The number of halogens is 1. The van der Waals surface area contributed by atoms with E-state index in [1.165, 1.54) is 0 Å². The number of rotatable bonds is 5. The van der Waals surface area contributed by atoms with Crippen LogP contribution in [0.4, 0.5) is 0 Å². The molecule has 0 aliphatic heterocycles. The number of aliphatic hydroxyl groups excluding tert-OH is 1. The molecular weight excluding hydrogens is 288 g/mol. The molecule has 0 fully saturated rings. The number of para-hydroxylation sites is 1. The molecule has 2 N–H and O–H groups in total. The molecule has 0 aliphatic carbocycles. The third kappa shape index (κ3) is 3.06. The first-order valence-electron chi connectivity index (χ1n) is 7.16. The molecule has 5 heteroatoms. The summed E-state index contributed by atoms with van der Waals surface area (Å²) < 4.78 is 1.78. The Kier molecular flexibility index (Phi) is 4.91. The van der Waals surface area contributed by atoms with Crippen molar-refractivity contribution >= 4 is 28.4 Å². The molecule has 2 unspecified atom stereocenters. The van der Waals surface area contributed by atoms with Gasteiger partial charge in [-0.3, -0.25) is 4.79 Å². The molecule has 1 aromatic heterocycles. The molecule has 2 aromatic rings. The number of aryl methyl sites for hydroxylation is 1. The number of fused-ring (bicyclic) bond motifs is 1. The molecule has 0 spiro atoms. The Morgan fingerprint density at radius 3 is 2.71 bits per heavy atom. The zero-order valence-corrected chi connectivity index (χ0v) is 13.3. The van der Waals surface area contributed by atoms with E-state index in [0.717, 1.165) is 17.3 Å². The lowest BCUT2D eigenvalue weighted by atomic mass is 10.0. The van der Waals surface area contributed by atoms with Crippen LogP contribution in [0.3, 0.4) is 0 Å². The minimum Gasteiger partial charge on any atom is -0.391 e. The van der Waals surface area contributed by atoms with Gasteiger partial charge in [-0.25, -0.2) is 0 Å². The minimum atomic E-state index is -0.549. The Hall–Kier alpha value is -1.52. The second-order valence-corrected chi connectivity index (χ2v) is 5.78. The summed E-state index contributed by atoms with van der Waals surface area (Å²) in [7, 11) is 1.81. The molecule has 1 heterocycles. The van der Waals surface area contributed by atoms with Gasteiger partial charge in [0.1, 0.15) is 5.69 Å². The summed E-state index contributed by atoms with van der Waals surface area (Å²) in [6, 6.07) is 7.62. The van der Waals surface area contributed by atoms with Crippen LogP contribution in [0.25, 0.3) is 10.9 Å². The minimum absolute atomic E-state index is 0.147. The van der Waals surface area contributed by atoms with Crippen molar-refractivity contribution in [2.24, 2.45) is 13.0 Å². The third-order valence-electron chi connectivity index (χ3n) is 4.03. The van der Waals surface area contributed by atoms with Crippen molar-refractivity contribution in [2.75, 3.05) is 6.54 Å². The fourth-order valence-electron chi connectivity index (χ4n) is 2.35. The van der Waals surface area contributed by atoms with Gasteiger partial charge >= 0.3 is 0 Å². The van der Waals surface area contributed by atoms with Gasteiger partial charge in [0, 0.05) is 24.5 Å². The molecule has 1 aromatic carbocycles. The first-order valence-corrected chi connectivity index (χ1v) is 7.54. The Morgan fingerprint density at radius 1 is 1.43 bits per heavy atom. The average molecular weight is 309 g/mol. The van der Waals surface area contributed by atoms with Crippen LogP contribution >= 0.6 is 11.6 Å². The predicted octanol–water partition coefficient (Wildman–Crippen LogP) is 2.97. The summed E-state index contributed by atoms with van der Waals surface area (Å²) in [4.78, 5) is 12.3. The number of nitrogens with one attached hydrogen (secondary N) is 1. The molecule has 1 amide bonds. The van der Waals surface area contributed by atoms with Gasteiger partial charge in [0.05, 0.1) is 11.1 Å². The lowest BCUT2D eigenvalue weighted by Gasteiger charge is -2.17. The first-order chi connectivity index (χ1) is 9.97. The van der Waals surface area contributed by atoms with Crippen molar-refractivity contribution in [1.29, 1.82) is 0 Å². The van der Waals surface area contributed by atoms with E-state index in [0.29, 0.717) is 10.7 Å². The molecule has 4 nitrogen and oxygen atoms in total. The third-order valence-corrected chi connectivity index (χ3v) is 4.42.